The molecular formula is C16H24O5Si. The standard InChI is InChI=1S/C16H24O5Si/c1-4-11(10-17)14(13(15(18)19)16(20)21)22(2,3)12-8-6-5-7-9-12/h5-9,11,13-14,17H,4,10H2,1-3H3,(H,18,19)(H,20,21)/t11-,14+/m0/s1. The van der Waals surface area contributed by atoms with Crippen molar-refractivity contribution in [1.29, 1.82) is 0 Å². The molecule has 0 amide bonds. The minimum Gasteiger partial charge on any atom is -0.481 e. The lowest BCUT2D eigenvalue weighted by Gasteiger charge is -2.39. The molecule has 2 atom stereocenters. The minimum atomic E-state index is -2.42. The molecular weight excluding hydrogens is 300 g/mol. The second-order valence-electron chi connectivity index (χ2n) is 6.12. The number of rotatable bonds is 8. The summed E-state index contributed by atoms with van der Waals surface area (Å²) in [6.45, 7) is 5.60. The van der Waals surface area contributed by atoms with Crippen LogP contribution in [0.4, 0.5) is 0 Å². The first-order valence-corrected chi connectivity index (χ1v) is 10.5. The highest BCUT2D eigenvalue weighted by Crippen LogP contribution is 2.39. The van der Waals surface area contributed by atoms with Gasteiger partial charge in [0.15, 0.2) is 5.92 Å². The molecule has 0 saturated heterocycles. The fraction of sp³-hybridized carbons (Fsp3) is 0.500. The van der Waals surface area contributed by atoms with Crippen LogP contribution in [-0.4, -0.2) is 41.9 Å². The average molecular weight is 324 g/mol. The van der Waals surface area contributed by atoms with Crippen LogP contribution in [-0.2, 0) is 9.59 Å². The Kier molecular flexibility index (Phi) is 6.31. The largest absolute Gasteiger partial charge is 0.481 e. The Hall–Kier alpha value is -1.66. The van der Waals surface area contributed by atoms with Crippen molar-refractivity contribution in [3.63, 3.8) is 0 Å². The van der Waals surface area contributed by atoms with Gasteiger partial charge >= 0.3 is 11.9 Å². The predicted molar refractivity (Wildman–Crippen MR) is 86.9 cm³/mol. The van der Waals surface area contributed by atoms with E-state index in [-0.39, 0.29) is 12.5 Å². The molecule has 5 nitrogen and oxygen atoms in total. The number of carbonyl (C=O) groups is 2. The van der Waals surface area contributed by atoms with Gasteiger partial charge in [-0.2, -0.15) is 0 Å². The number of aliphatic hydroxyl groups excluding tert-OH is 1. The van der Waals surface area contributed by atoms with E-state index in [0.29, 0.717) is 6.42 Å². The SMILES string of the molecule is CC[C@@H](CO)[C@H](C(C(=O)O)C(=O)O)[Si](C)(C)c1ccccc1. The van der Waals surface area contributed by atoms with Gasteiger partial charge in [0.25, 0.3) is 0 Å². The van der Waals surface area contributed by atoms with Crippen LogP contribution in [0.5, 0.6) is 0 Å². The second-order valence-corrected chi connectivity index (χ2v) is 10.8. The molecule has 0 heterocycles. The Morgan fingerprint density at radius 1 is 1.09 bits per heavy atom. The third-order valence-corrected chi connectivity index (χ3v) is 8.80. The monoisotopic (exact) mass is 324 g/mol. The summed E-state index contributed by atoms with van der Waals surface area (Å²) in [7, 11) is -2.42. The number of hydrogen-bond donors (Lipinski definition) is 3. The zero-order chi connectivity index (χ0) is 16.9. The quantitative estimate of drug-likeness (QED) is 0.500. The molecule has 0 aliphatic heterocycles. The van der Waals surface area contributed by atoms with Crippen LogP contribution in [0.15, 0.2) is 30.3 Å². The van der Waals surface area contributed by atoms with Crippen molar-refractivity contribution in [2.45, 2.75) is 32.0 Å². The van der Waals surface area contributed by atoms with Crippen molar-refractivity contribution in [1.82, 2.24) is 0 Å². The van der Waals surface area contributed by atoms with Gasteiger partial charge in [-0.3, -0.25) is 9.59 Å². The third kappa shape index (κ3) is 3.75. The van der Waals surface area contributed by atoms with Crippen molar-refractivity contribution >= 4 is 25.2 Å². The smallest absolute Gasteiger partial charge is 0.317 e. The summed E-state index contributed by atoms with van der Waals surface area (Å²) < 4.78 is 0. The topological polar surface area (TPSA) is 94.8 Å². The van der Waals surface area contributed by atoms with Crippen molar-refractivity contribution in [3.8, 4) is 0 Å². The first-order chi connectivity index (χ1) is 10.3. The Morgan fingerprint density at radius 3 is 1.95 bits per heavy atom. The van der Waals surface area contributed by atoms with Crippen LogP contribution in [0.2, 0.25) is 18.6 Å². The lowest BCUT2D eigenvalue weighted by atomic mass is 9.92. The molecule has 0 aliphatic rings. The number of benzene rings is 1. The van der Waals surface area contributed by atoms with Gasteiger partial charge in [0.2, 0.25) is 0 Å². The number of carboxylic acid groups (broad SMARTS) is 2. The maximum Gasteiger partial charge on any atom is 0.317 e. The fourth-order valence-electron chi connectivity index (χ4n) is 3.25. The molecule has 122 valence electrons. The molecule has 3 N–H and O–H groups in total. The Morgan fingerprint density at radius 2 is 1.59 bits per heavy atom. The number of aliphatic hydroxyl groups is 1. The lowest BCUT2D eigenvalue weighted by Crippen LogP contribution is -2.54. The summed E-state index contributed by atoms with van der Waals surface area (Å²) in [5.74, 6) is -4.51. The van der Waals surface area contributed by atoms with E-state index >= 15 is 0 Å². The van der Waals surface area contributed by atoms with Gasteiger partial charge < -0.3 is 15.3 Å². The van der Waals surface area contributed by atoms with Crippen molar-refractivity contribution < 1.29 is 24.9 Å². The maximum absolute atomic E-state index is 11.6. The lowest BCUT2D eigenvalue weighted by molar-refractivity contribution is -0.155. The van der Waals surface area contributed by atoms with E-state index in [1.807, 2.05) is 50.3 Å². The van der Waals surface area contributed by atoms with Gasteiger partial charge in [-0.1, -0.05) is 62.0 Å². The molecule has 22 heavy (non-hydrogen) atoms. The zero-order valence-corrected chi connectivity index (χ0v) is 14.2. The molecule has 0 radical (unpaired) electrons. The van der Waals surface area contributed by atoms with E-state index in [0.717, 1.165) is 5.19 Å². The predicted octanol–water partition coefficient (Wildman–Crippen LogP) is 1.78. The van der Waals surface area contributed by atoms with Crippen LogP contribution >= 0.6 is 0 Å². The highest BCUT2D eigenvalue weighted by Gasteiger charge is 2.48. The molecule has 1 aromatic rings. The number of carboxylic acids is 2. The summed E-state index contributed by atoms with van der Waals surface area (Å²) in [4.78, 5) is 23.1. The van der Waals surface area contributed by atoms with Crippen molar-refractivity contribution in [2.24, 2.45) is 11.8 Å². The first-order valence-electron chi connectivity index (χ1n) is 7.39. The summed E-state index contributed by atoms with van der Waals surface area (Å²) in [6, 6.07) is 9.46. The van der Waals surface area contributed by atoms with E-state index in [2.05, 4.69) is 0 Å². The summed E-state index contributed by atoms with van der Waals surface area (Å²) in [5.41, 5.74) is -0.583. The third-order valence-electron chi connectivity index (χ3n) is 4.51. The normalized spacial score (nSPS) is 14.6. The molecule has 1 aromatic carbocycles. The number of aliphatic carboxylic acids is 2. The maximum atomic E-state index is 11.6. The van der Waals surface area contributed by atoms with Gasteiger partial charge in [0.05, 0.1) is 8.07 Å². The Balaban J connectivity index is 3.42. The van der Waals surface area contributed by atoms with E-state index in [9.17, 15) is 24.9 Å². The summed E-state index contributed by atoms with van der Waals surface area (Å²) in [5, 5.41) is 29.5. The van der Waals surface area contributed by atoms with Gasteiger partial charge in [0.1, 0.15) is 0 Å². The molecule has 0 bridgehead atoms. The second kappa shape index (κ2) is 7.55. The molecule has 0 spiro atoms. The van der Waals surface area contributed by atoms with Gasteiger partial charge in [-0.05, 0) is 11.5 Å². The molecule has 0 fully saturated rings. The van der Waals surface area contributed by atoms with E-state index in [1.54, 1.807) is 0 Å². The van der Waals surface area contributed by atoms with Crippen LogP contribution < -0.4 is 5.19 Å². The summed E-state index contributed by atoms with van der Waals surface area (Å²) in [6.07, 6.45) is 0.543. The van der Waals surface area contributed by atoms with Crippen LogP contribution in [0.3, 0.4) is 0 Å². The van der Waals surface area contributed by atoms with Crippen LogP contribution in [0, 0.1) is 11.8 Å². The average Bonchev–Trinajstić information content (AvgIpc) is 2.47. The van der Waals surface area contributed by atoms with Crippen LogP contribution in [0.25, 0.3) is 0 Å². The van der Waals surface area contributed by atoms with Crippen LogP contribution in [0.1, 0.15) is 13.3 Å². The first kappa shape index (κ1) is 18.4. The minimum absolute atomic E-state index is 0.207. The fourth-order valence-corrected chi connectivity index (χ4v) is 7.32. The van der Waals surface area contributed by atoms with E-state index < -0.39 is 31.5 Å². The van der Waals surface area contributed by atoms with E-state index in [4.69, 9.17) is 0 Å². The molecule has 0 unspecified atom stereocenters. The highest BCUT2D eigenvalue weighted by atomic mass is 28.3. The number of hydrogen-bond acceptors (Lipinski definition) is 3. The molecule has 0 aromatic heterocycles. The Labute approximate surface area is 131 Å². The highest BCUT2D eigenvalue weighted by molar-refractivity contribution is 6.91. The van der Waals surface area contributed by atoms with Gasteiger partial charge in [0, 0.05) is 6.61 Å². The zero-order valence-electron chi connectivity index (χ0n) is 13.2. The molecule has 6 heteroatoms. The Bertz CT molecular complexity index is 497. The van der Waals surface area contributed by atoms with Crippen molar-refractivity contribution in [3.05, 3.63) is 30.3 Å². The molecule has 1 rings (SSSR count). The van der Waals surface area contributed by atoms with Gasteiger partial charge in [-0.25, -0.2) is 0 Å². The van der Waals surface area contributed by atoms with E-state index in [1.165, 1.54) is 0 Å². The molecule has 0 saturated carbocycles. The summed E-state index contributed by atoms with van der Waals surface area (Å²) >= 11 is 0. The van der Waals surface area contributed by atoms with Crippen molar-refractivity contribution in [2.75, 3.05) is 6.61 Å². The molecule has 0 aliphatic carbocycles. The van der Waals surface area contributed by atoms with Gasteiger partial charge in [-0.15, -0.1) is 0 Å².